The van der Waals surface area contributed by atoms with Gasteiger partial charge in [0.05, 0.1) is 18.8 Å². The lowest BCUT2D eigenvalue weighted by Crippen LogP contribution is -2.68. The number of ether oxygens (including phenoxy) is 3. The fourth-order valence-electron chi connectivity index (χ4n) is 6.52. The maximum absolute atomic E-state index is 12.6. The van der Waals surface area contributed by atoms with Gasteiger partial charge in [-0.3, -0.25) is 4.79 Å². The smallest absolute Gasteiger partial charge is 0.261 e. The molecule has 0 bridgehead atoms. The molecule has 2 fully saturated rings. The zero-order valence-corrected chi connectivity index (χ0v) is 24.4. The molecule has 5 rings (SSSR count). The molecule has 6 nitrogen and oxygen atoms in total. The van der Waals surface area contributed by atoms with Crippen LogP contribution in [0.15, 0.2) is 72.8 Å². The van der Waals surface area contributed by atoms with Gasteiger partial charge >= 0.3 is 0 Å². The quantitative estimate of drug-likeness (QED) is 0.428. The summed E-state index contributed by atoms with van der Waals surface area (Å²) in [6, 6.07) is 21.1. The molecule has 3 heterocycles. The van der Waals surface area contributed by atoms with E-state index in [1.165, 1.54) is 10.4 Å². The summed E-state index contributed by atoms with van der Waals surface area (Å²) in [6.07, 6.45) is 3.73. The van der Waals surface area contributed by atoms with Crippen molar-refractivity contribution in [2.24, 2.45) is 0 Å². The fourth-order valence-corrected chi connectivity index (χ4v) is 11.1. The summed E-state index contributed by atoms with van der Waals surface area (Å²) in [5.74, 6) is -0.755. The van der Waals surface area contributed by atoms with Crippen molar-refractivity contribution in [2.75, 3.05) is 13.2 Å². The van der Waals surface area contributed by atoms with Crippen LogP contribution in [-0.4, -0.2) is 68.5 Å². The monoisotopic (exact) mass is 535 g/mol. The van der Waals surface area contributed by atoms with Gasteiger partial charge in [-0.1, -0.05) is 93.6 Å². The zero-order chi connectivity index (χ0) is 27.1. The average molecular weight is 536 g/mol. The molecule has 0 saturated carbocycles. The molecule has 204 valence electrons. The van der Waals surface area contributed by atoms with Gasteiger partial charge in [0.1, 0.15) is 18.3 Å². The highest BCUT2D eigenvalue weighted by atomic mass is 28.4. The predicted octanol–water partition coefficient (Wildman–Crippen LogP) is 4.03. The fraction of sp³-hybridized carbons (Fsp3) is 0.516. The van der Waals surface area contributed by atoms with Gasteiger partial charge in [-0.05, 0) is 35.7 Å². The van der Waals surface area contributed by atoms with Crippen LogP contribution in [0, 0.1) is 0 Å². The first-order chi connectivity index (χ1) is 18.0. The van der Waals surface area contributed by atoms with Gasteiger partial charge in [0.2, 0.25) is 5.91 Å². The normalized spacial score (nSPS) is 28.9. The van der Waals surface area contributed by atoms with Crippen molar-refractivity contribution in [2.45, 2.75) is 89.2 Å². The van der Waals surface area contributed by atoms with Crippen LogP contribution in [0.25, 0.3) is 0 Å². The first kappa shape index (κ1) is 27.3. The van der Waals surface area contributed by atoms with Gasteiger partial charge in [-0.15, -0.1) is 0 Å². The Labute approximate surface area is 228 Å². The van der Waals surface area contributed by atoms with Gasteiger partial charge in [0.15, 0.2) is 5.79 Å². The van der Waals surface area contributed by atoms with E-state index in [0.29, 0.717) is 13.2 Å². The molecule has 1 amide bonds. The molecule has 3 aliphatic rings. The lowest BCUT2D eigenvalue weighted by atomic mass is 9.90. The summed E-state index contributed by atoms with van der Waals surface area (Å²) < 4.78 is 27.0. The van der Waals surface area contributed by atoms with E-state index in [1.54, 1.807) is 6.92 Å². The number of hydrogen-bond acceptors (Lipinski definition) is 5. The molecule has 2 aromatic carbocycles. The third kappa shape index (κ3) is 4.91. The number of nitrogens with zero attached hydrogens (tertiary/aromatic N) is 1. The van der Waals surface area contributed by atoms with E-state index in [-0.39, 0.29) is 41.4 Å². The molecule has 0 aromatic heterocycles. The van der Waals surface area contributed by atoms with Crippen molar-refractivity contribution in [3.05, 3.63) is 72.8 Å². The SMILES string of the molecule is CC(=O)N1CC=CCC2O[C@H](CO[Si](c3ccccc3)(c3ccccc3)C(C)(C)C)[C@@H]3OC(C)(C)O[C@@H]3[C@@H]21. The first-order valence-corrected chi connectivity index (χ1v) is 15.6. The summed E-state index contributed by atoms with van der Waals surface area (Å²) in [5, 5.41) is 2.32. The molecule has 0 spiro atoms. The number of hydrogen-bond donors (Lipinski definition) is 0. The Morgan fingerprint density at radius 3 is 2.11 bits per heavy atom. The maximum Gasteiger partial charge on any atom is 0.261 e. The highest BCUT2D eigenvalue weighted by Crippen LogP contribution is 2.42. The van der Waals surface area contributed by atoms with Gasteiger partial charge in [0.25, 0.3) is 8.32 Å². The van der Waals surface area contributed by atoms with E-state index in [0.717, 1.165) is 6.42 Å². The third-order valence-electron chi connectivity index (χ3n) is 8.08. The summed E-state index contributed by atoms with van der Waals surface area (Å²) >= 11 is 0. The maximum atomic E-state index is 12.6. The minimum Gasteiger partial charge on any atom is -0.405 e. The Bertz CT molecular complexity index is 1110. The standard InChI is InChI=1S/C31H41NO5Si/c1-22(33)32-20-14-13-19-25-27(32)29-28(36-31(5,6)37-29)26(35-25)21-34-38(30(2,3)4,23-15-9-7-10-16-23)24-17-11-8-12-18-24/h7-18,25-29H,19-21H2,1-6H3/t25?,26-,27-,28+,29-/m1/s1. The van der Waals surface area contributed by atoms with Gasteiger partial charge in [-0.25, -0.2) is 0 Å². The largest absolute Gasteiger partial charge is 0.405 e. The van der Waals surface area contributed by atoms with Crippen LogP contribution in [0.1, 0.15) is 48.0 Å². The Morgan fingerprint density at radius 2 is 1.55 bits per heavy atom. The molecule has 5 atom stereocenters. The molecule has 1 unspecified atom stereocenters. The molecular formula is C31H41NO5Si. The molecule has 7 heteroatoms. The summed E-state index contributed by atoms with van der Waals surface area (Å²) in [5.41, 5.74) is 0. The van der Waals surface area contributed by atoms with E-state index >= 15 is 0 Å². The number of amides is 1. The molecule has 2 saturated heterocycles. The molecule has 0 N–H and O–H groups in total. The van der Waals surface area contributed by atoms with E-state index in [2.05, 4.69) is 87.5 Å². The van der Waals surface area contributed by atoms with Crippen LogP contribution in [-0.2, 0) is 23.4 Å². The van der Waals surface area contributed by atoms with Crippen LogP contribution in [0.3, 0.4) is 0 Å². The second kappa shape index (κ2) is 10.4. The van der Waals surface area contributed by atoms with Crippen LogP contribution in [0.4, 0.5) is 0 Å². The third-order valence-corrected chi connectivity index (χ3v) is 13.1. The predicted molar refractivity (Wildman–Crippen MR) is 151 cm³/mol. The lowest BCUT2D eigenvalue weighted by Gasteiger charge is -2.48. The van der Waals surface area contributed by atoms with Crippen molar-refractivity contribution in [3.8, 4) is 0 Å². The summed E-state index contributed by atoms with van der Waals surface area (Å²) in [7, 11) is -2.75. The Hall–Kier alpha value is -2.29. The zero-order valence-electron chi connectivity index (χ0n) is 23.4. The van der Waals surface area contributed by atoms with E-state index in [4.69, 9.17) is 18.6 Å². The van der Waals surface area contributed by atoms with Crippen LogP contribution >= 0.6 is 0 Å². The molecule has 0 aliphatic carbocycles. The van der Waals surface area contributed by atoms with Crippen LogP contribution in [0.2, 0.25) is 5.04 Å². The van der Waals surface area contributed by atoms with Crippen molar-refractivity contribution in [3.63, 3.8) is 0 Å². The van der Waals surface area contributed by atoms with Crippen molar-refractivity contribution < 1.29 is 23.4 Å². The lowest BCUT2D eigenvalue weighted by molar-refractivity contribution is -0.181. The van der Waals surface area contributed by atoms with E-state index in [9.17, 15) is 4.79 Å². The summed E-state index contributed by atoms with van der Waals surface area (Å²) in [4.78, 5) is 14.5. The Morgan fingerprint density at radius 1 is 0.974 bits per heavy atom. The number of carbonyl (C=O) groups is 1. The Kier molecular flexibility index (Phi) is 7.43. The van der Waals surface area contributed by atoms with Crippen molar-refractivity contribution in [1.82, 2.24) is 4.90 Å². The number of benzene rings is 2. The molecular weight excluding hydrogens is 494 g/mol. The first-order valence-electron chi connectivity index (χ1n) is 13.7. The summed E-state index contributed by atoms with van der Waals surface area (Å²) in [6.45, 7) is 13.2. The van der Waals surface area contributed by atoms with Crippen LogP contribution < -0.4 is 10.4 Å². The number of rotatable bonds is 5. The average Bonchev–Trinajstić information content (AvgIpc) is 3.05. The Balaban J connectivity index is 1.52. The second-order valence-corrected chi connectivity index (χ2v) is 16.4. The van der Waals surface area contributed by atoms with Crippen molar-refractivity contribution >= 4 is 24.6 Å². The van der Waals surface area contributed by atoms with E-state index < -0.39 is 14.1 Å². The van der Waals surface area contributed by atoms with Gasteiger partial charge in [-0.2, -0.15) is 0 Å². The molecule has 2 aromatic rings. The highest BCUT2D eigenvalue weighted by molar-refractivity contribution is 6.99. The van der Waals surface area contributed by atoms with Crippen molar-refractivity contribution in [1.29, 1.82) is 0 Å². The second-order valence-electron chi connectivity index (χ2n) is 12.1. The molecule has 3 aliphatic heterocycles. The molecule has 38 heavy (non-hydrogen) atoms. The topological polar surface area (TPSA) is 57.2 Å². The minimum absolute atomic E-state index is 0.0178. The van der Waals surface area contributed by atoms with Crippen LogP contribution in [0.5, 0.6) is 0 Å². The minimum atomic E-state index is -2.75. The highest BCUT2D eigenvalue weighted by Gasteiger charge is 2.58. The number of fused-ring (bicyclic) bond motifs is 3. The van der Waals surface area contributed by atoms with Gasteiger partial charge in [0, 0.05) is 13.5 Å². The molecule has 0 radical (unpaired) electrons. The van der Waals surface area contributed by atoms with E-state index in [1.807, 2.05) is 24.8 Å². The van der Waals surface area contributed by atoms with Gasteiger partial charge < -0.3 is 23.5 Å². The number of carbonyl (C=O) groups excluding carboxylic acids is 1.